The number of piperidine rings is 1. The van der Waals surface area contributed by atoms with Crippen LogP contribution in [0.4, 0.5) is 0 Å². The Morgan fingerprint density at radius 2 is 2.04 bits per heavy atom. The van der Waals surface area contributed by atoms with E-state index in [-0.39, 0.29) is 11.4 Å². The summed E-state index contributed by atoms with van der Waals surface area (Å²) in [5.41, 5.74) is 0.920. The van der Waals surface area contributed by atoms with Gasteiger partial charge in [0.15, 0.2) is 0 Å². The zero-order valence-electron chi connectivity index (χ0n) is 15.8. The van der Waals surface area contributed by atoms with Gasteiger partial charge >= 0.3 is 0 Å². The van der Waals surface area contributed by atoms with Gasteiger partial charge in [-0.2, -0.15) is 10.2 Å². The molecule has 1 aromatic heterocycles. The normalized spacial score (nSPS) is 25.7. The van der Waals surface area contributed by atoms with Crippen LogP contribution in [0.5, 0.6) is 0 Å². The molecule has 6 nitrogen and oxygen atoms in total. The quantitative estimate of drug-likeness (QED) is 0.781. The van der Waals surface area contributed by atoms with Gasteiger partial charge in [0.25, 0.3) is 5.91 Å². The molecular formula is C20H30N4O2. The molecule has 1 amide bonds. The van der Waals surface area contributed by atoms with Gasteiger partial charge in [-0.15, -0.1) is 0 Å². The summed E-state index contributed by atoms with van der Waals surface area (Å²) in [6.07, 6.45) is 10.6. The van der Waals surface area contributed by atoms with Gasteiger partial charge in [-0.05, 0) is 57.4 Å². The van der Waals surface area contributed by atoms with Crippen LogP contribution < -0.4 is 0 Å². The minimum Gasteiger partial charge on any atom is -0.380 e. The van der Waals surface area contributed by atoms with Crippen molar-refractivity contribution in [2.75, 3.05) is 32.8 Å². The minimum atomic E-state index is 0.0901. The highest BCUT2D eigenvalue weighted by Crippen LogP contribution is 2.44. The van der Waals surface area contributed by atoms with Crippen LogP contribution in [0.2, 0.25) is 0 Å². The number of carbonyl (C=O) groups excluding carboxylic acids is 1. The maximum atomic E-state index is 12.7. The summed E-state index contributed by atoms with van der Waals surface area (Å²) in [7, 11) is 0. The van der Waals surface area contributed by atoms with Crippen molar-refractivity contribution in [1.82, 2.24) is 20.0 Å². The van der Waals surface area contributed by atoms with Crippen LogP contribution in [0.1, 0.15) is 55.8 Å². The topological polar surface area (TPSA) is 58.6 Å². The lowest BCUT2D eigenvalue weighted by Gasteiger charge is -2.47. The molecule has 4 rings (SSSR count). The fourth-order valence-corrected chi connectivity index (χ4v) is 4.73. The maximum absolute atomic E-state index is 12.7. The summed E-state index contributed by atoms with van der Waals surface area (Å²) >= 11 is 0. The van der Waals surface area contributed by atoms with Crippen LogP contribution >= 0.6 is 0 Å². The zero-order chi connectivity index (χ0) is 18.0. The first kappa shape index (κ1) is 17.9. The lowest BCUT2D eigenvalue weighted by atomic mass is 9.84. The molecule has 142 valence electrons. The van der Waals surface area contributed by atoms with Crippen LogP contribution in [0, 0.1) is 5.92 Å². The largest absolute Gasteiger partial charge is 0.380 e. The van der Waals surface area contributed by atoms with Crippen LogP contribution in [-0.4, -0.2) is 70.3 Å². The summed E-state index contributed by atoms with van der Waals surface area (Å²) in [5.74, 6) is 0.976. The molecule has 1 aromatic rings. The fraction of sp³-hybridized carbons (Fsp3) is 0.750. The monoisotopic (exact) mass is 358 g/mol. The third-order valence-corrected chi connectivity index (χ3v) is 6.47. The number of hydrogen-bond donors (Lipinski definition) is 0. The van der Waals surface area contributed by atoms with E-state index >= 15 is 0 Å². The van der Waals surface area contributed by atoms with E-state index in [0.29, 0.717) is 11.6 Å². The molecule has 0 aromatic carbocycles. The van der Waals surface area contributed by atoms with Crippen molar-refractivity contribution in [2.24, 2.45) is 5.92 Å². The lowest BCUT2D eigenvalue weighted by Crippen LogP contribution is -2.56. The first-order chi connectivity index (χ1) is 12.7. The molecule has 1 spiro atoms. The number of ether oxygens (including phenoxy) is 1. The van der Waals surface area contributed by atoms with Crippen molar-refractivity contribution >= 4 is 5.91 Å². The van der Waals surface area contributed by atoms with Gasteiger partial charge < -0.3 is 9.64 Å². The van der Waals surface area contributed by atoms with Crippen molar-refractivity contribution < 1.29 is 9.53 Å². The zero-order valence-corrected chi connectivity index (χ0v) is 15.8. The molecule has 26 heavy (non-hydrogen) atoms. The number of rotatable bonds is 6. The number of hydrogen-bond acceptors (Lipinski definition) is 5. The summed E-state index contributed by atoms with van der Waals surface area (Å²) in [4.78, 5) is 17.5. The molecule has 2 saturated heterocycles. The van der Waals surface area contributed by atoms with Gasteiger partial charge in [0.1, 0.15) is 0 Å². The molecule has 0 radical (unpaired) electrons. The molecule has 1 saturated carbocycles. The molecule has 6 heteroatoms. The summed E-state index contributed by atoms with van der Waals surface area (Å²) in [6, 6.07) is 2.31. The van der Waals surface area contributed by atoms with Gasteiger partial charge in [0.2, 0.25) is 0 Å². The summed E-state index contributed by atoms with van der Waals surface area (Å²) < 4.78 is 5.78. The van der Waals surface area contributed by atoms with Crippen molar-refractivity contribution in [3.8, 4) is 0 Å². The second-order valence-corrected chi connectivity index (χ2v) is 8.10. The number of likely N-dealkylation sites (tertiary alicyclic amines) is 2. The average Bonchev–Trinajstić information content (AvgIpc) is 3.46. The molecule has 3 aliphatic rings. The summed E-state index contributed by atoms with van der Waals surface area (Å²) in [5, 5.41) is 7.61. The van der Waals surface area contributed by atoms with Crippen LogP contribution in [0.25, 0.3) is 0 Å². The van der Waals surface area contributed by atoms with Crippen molar-refractivity contribution in [3.63, 3.8) is 0 Å². The standard InChI is InChI=1S/C20H30N4O2/c1-2-26-15-18-5-7-20(24(18)14-16-3-4-16)8-11-23(12-9-20)19(25)17-6-10-21-22-13-17/h6,10,13,16,18H,2-5,7-9,11-12,14-15H2,1H3. The van der Waals surface area contributed by atoms with E-state index < -0.39 is 0 Å². The number of amides is 1. The smallest absolute Gasteiger partial charge is 0.255 e. The Labute approximate surface area is 155 Å². The fourth-order valence-electron chi connectivity index (χ4n) is 4.73. The second-order valence-electron chi connectivity index (χ2n) is 8.10. The molecule has 3 heterocycles. The molecule has 0 N–H and O–H groups in total. The Morgan fingerprint density at radius 3 is 2.69 bits per heavy atom. The van der Waals surface area contributed by atoms with Crippen molar-refractivity contribution in [1.29, 1.82) is 0 Å². The average molecular weight is 358 g/mol. The molecule has 1 atom stereocenters. The second kappa shape index (κ2) is 7.61. The van der Waals surface area contributed by atoms with E-state index in [1.807, 2.05) is 4.90 Å². The van der Waals surface area contributed by atoms with E-state index in [1.54, 1.807) is 18.5 Å². The van der Waals surface area contributed by atoms with Gasteiger partial charge in [0, 0.05) is 37.8 Å². The van der Waals surface area contributed by atoms with E-state index in [2.05, 4.69) is 22.0 Å². The van der Waals surface area contributed by atoms with Gasteiger partial charge in [-0.25, -0.2) is 0 Å². The highest BCUT2D eigenvalue weighted by molar-refractivity contribution is 5.93. The first-order valence-corrected chi connectivity index (χ1v) is 10.1. The highest BCUT2D eigenvalue weighted by Gasteiger charge is 2.49. The highest BCUT2D eigenvalue weighted by atomic mass is 16.5. The van der Waals surface area contributed by atoms with Crippen LogP contribution in [0.15, 0.2) is 18.5 Å². The number of aromatic nitrogens is 2. The van der Waals surface area contributed by atoms with Crippen LogP contribution in [-0.2, 0) is 4.74 Å². The molecule has 1 aliphatic carbocycles. The van der Waals surface area contributed by atoms with Gasteiger partial charge in [0.05, 0.1) is 24.6 Å². The van der Waals surface area contributed by atoms with Crippen LogP contribution in [0.3, 0.4) is 0 Å². The van der Waals surface area contributed by atoms with Gasteiger partial charge in [-0.1, -0.05) is 0 Å². The van der Waals surface area contributed by atoms with Gasteiger partial charge in [-0.3, -0.25) is 9.69 Å². The van der Waals surface area contributed by atoms with E-state index in [9.17, 15) is 4.79 Å². The van der Waals surface area contributed by atoms with E-state index in [4.69, 9.17) is 4.74 Å². The maximum Gasteiger partial charge on any atom is 0.255 e. The summed E-state index contributed by atoms with van der Waals surface area (Å²) in [6.45, 7) is 6.63. The van der Waals surface area contributed by atoms with Crippen molar-refractivity contribution in [2.45, 2.75) is 57.0 Å². The molecular weight excluding hydrogens is 328 g/mol. The molecule has 2 aliphatic heterocycles. The van der Waals surface area contributed by atoms with Crippen molar-refractivity contribution in [3.05, 3.63) is 24.0 Å². The number of nitrogens with zero attached hydrogens (tertiary/aromatic N) is 4. The third kappa shape index (κ3) is 3.62. The first-order valence-electron chi connectivity index (χ1n) is 10.1. The Bertz CT molecular complexity index is 611. The third-order valence-electron chi connectivity index (χ3n) is 6.47. The SMILES string of the molecule is CCOCC1CCC2(CCN(C(=O)c3ccnnc3)CC2)N1CC1CC1. The minimum absolute atomic E-state index is 0.0901. The Kier molecular flexibility index (Phi) is 5.23. The molecule has 3 fully saturated rings. The Hall–Kier alpha value is -1.53. The lowest BCUT2D eigenvalue weighted by molar-refractivity contribution is 0.00309. The Morgan fingerprint density at radius 1 is 1.23 bits per heavy atom. The molecule has 0 bridgehead atoms. The predicted octanol–water partition coefficient (Wildman–Crippen LogP) is 2.36. The number of carbonyl (C=O) groups is 1. The van der Waals surface area contributed by atoms with E-state index in [1.165, 1.54) is 32.2 Å². The predicted molar refractivity (Wildman–Crippen MR) is 98.8 cm³/mol. The molecule has 1 unspecified atom stereocenters. The Balaban J connectivity index is 1.41. The van der Waals surface area contributed by atoms with E-state index in [0.717, 1.165) is 45.1 Å².